The Balaban J connectivity index is 1.89. The highest BCUT2D eigenvalue weighted by atomic mass is 16.5. The molecule has 0 radical (unpaired) electrons. The van der Waals surface area contributed by atoms with E-state index in [9.17, 15) is 14.7 Å². The summed E-state index contributed by atoms with van der Waals surface area (Å²) in [6.45, 7) is 5.51. The van der Waals surface area contributed by atoms with Gasteiger partial charge in [0.2, 0.25) is 0 Å². The lowest BCUT2D eigenvalue weighted by atomic mass is 9.94. The number of ketones is 1. The van der Waals surface area contributed by atoms with Gasteiger partial charge >= 0.3 is 5.91 Å². The van der Waals surface area contributed by atoms with E-state index in [1.165, 1.54) is 12.0 Å². The summed E-state index contributed by atoms with van der Waals surface area (Å²) in [7, 11) is 1.50. The number of aromatic nitrogens is 1. The molecule has 1 fully saturated rings. The molecule has 0 saturated carbocycles. The lowest BCUT2D eigenvalue weighted by Gasteiger charge is -2.24. The Labute approximate surface area is 191 Å². The minimum Gasteiger partial charge on any atom is -0.507 e. The number of rotatable bonds is 6. The number of para-hydroxylation sites is 1. The first kappa shape index (κ1) is 22.1. The lowest BCUT2D eigenvalue weighted by Crippen LogP contribution is -2.29. The molecule has 3 aromatic rings. The van der Waals surface area contributed by atoms with Crippen molar-refractivity contribution in [1.82, 2.24) is 5.16 Å². The Bertz CT molecular complexity index is 1230. The third-order valence-electron chi connectivity index (χ3n) is 5.24. The molecule has 33 heavy (non-hydrogen) atoms. The number of Topliss-reactive ketones (excluding diaryl/α,β-unsaturated/α-hetero) is 1. The molecule has 8 heteroatoms. The van der Waals surface area contributed by atoms with E-state index in [0.29, 0.717) is 28.4 Å². The van der Waals surface area contributed by atoms with Crippen LogP contribution in [-0.4, -0.2) is 35.2 Å². The van der Waals surface area contributed by atoms with Crippen LogP contribution in [0.3, 0.4) is 0 Å². The van der Waals surface area contributed by atoms with Gasteiger partial charge in [-0.05, 0) is 51.1 Å². The van der Waals surface area contributed by atoms with Crippen molar-refractivity contribution >= 4 is 23.3 Å². The molecule has 0 spiro atoms. The van der Waals surface area contributed by atoms with Crippen molar-refractivity contribution in [3.05, 3.63) is 77.1 Å². The van der Waals surface area contributed by atoms with Gasteiger partial charge in [-0.3, -0.25) is 14.5 Å². The quantitative estimate of drug-likeness (QED) is 0.339. The van der Waals surface area contributed by atoms with Crippen LogP contribution in [0, 0.1) is 6.92 Å². The second-order valence-corrected chi connectivity index (χ2v) is 7.90. The van der Waals surface area contributed by atoms with Crippen LogP contribution in [0.2, 0.25) is 0 Å². The number of nitrogens with zero attached hydrogens (tertiary/aromatic N) is 2. The Hall–Kier alpha value is -4.07. The summed E-state index contributed by atoms with van der Waals surface area (Å²) in [6, 6.07) is 14.3. The summed E-state index contributed by atoms with van der Waals surface area (Å²) in [4.78, 5) is 27.5. The predicted octanol–water partition coefficient (Wildman–Crippen LogP) is 4.41. The maximum absolute atomic E-state index is 13.2. The van der Waals surface area contributed by atoms with Crippen LogP contribution in [0.25, 0.3) is 5.76 Å². The van der Waals surface area contributed by atoms with E-state index in [0.717, 1.165) is 0 Å². The topological polar surface area (TPSA) is 102 Å². The van der Waals surface area contributed by atoms with E-state index < -0.39 is 17.7 Å². The number of hydrogen-bond donors (Lipinski definition) is 1. The largest absolute Gasteiger partial charge is 0.507 e. The van der Waals surface area contributed by atoms with Crippen LogP contribution in [0.4, 0.5) is 5.82 Å². The number of aryl methyl sites for hydroxylation is 1. The highest BCUT2D eigenvalue weighted by Crippen LogP contribution is 2.44. The third kappa shape index (κ3) is 4.07. The van der Waals surface area contributed by atoms with E-state index in [2.05, 4.69) is 5.16 Å². The van der Waals surface area contributed by atoms with Gasteiger partial charge in [0, 0.05) is 17.2 Å². The van der Waals surface area contributed by atoms with Gasteiger partial charge in [-0.2, -0.15) is 0 Å². The Morgan fingerprint density at radius 1 is 1.12 bits per heavy atom. The molecule has 4 rings (SSSR count). The highest BCUT2D eigenvalue weighted by Gasteiger charge is 2.49. The standard InChI is InChI=1S/C25H24N2O6/c1-14(2)32-17-11-9-16(10-12-17)23(28)21-22(18-7-5-6-8-19(18)31-4)27(25(30)24(21)29)20-13-15(3)33-26-20/h5-14,22,28H,1-4H3/b23-21+/t22-/m1/s1. The summed E-state index contributed by atoms with van der Waals surface area (Å²) >= 11 is 0. The fourth-order valence-electron chi connectivity index (χ4n) is 3.84. The molecule has 1 N–H and O–H groups in total. The number of anilines is 1. The molecule has 1 saturated heterocycles. The highest BCUT2D eigenvalue weighted by molar-refractivity contribution is 6.51. The van der Waals surface area contributed by atoms with Crippen molar-refractivity contribution in [1.29, 1.82) is 0 Å². The van der Waals surface area contributed by atoms with Gasteiger partial charge < -0.3 is 19.1 Å². The average Bonchev–Trinajstić information content (AvgIpc) is 3.34. The van der Waals surface area contributed by atoms with Gasteiger partial charge in [-0.15, -0.1) is 0 Å². The molecule has 2 heterocycles. The number of carbonyl (C=O) groups excluding carboxylic acids is 2. The molecule has 2 aromatic carbocycles. The van der Waals surface area contributed by atoms with Gasteiger partial charge in [0.15, 0.2) is 5.82 Å². The molecule has 170 valence electrons. The molecule has 0 unspecified atom stereocenters. The average molecular weight is 448 g/mol. The first-order valence-electron chi connectivity index (χ1n) is 10.5. The summed E-state index contributed by atoms with van der Waals surface area (Å²) in [6.07, 6.45) is -0.00812. The number of ether oxygens (including phenoxy) is 2. The SMILES string of the molecule is COc1ccccc1[C@@H]1/C(=C(\O)c2ccc(OC(C)C)cc2)C(=O)C(=O)N1c1cc(C)on1. The molecular weight excluding hydrogens is 424 g/mol. The van der Waals surface area contributed by atoms with Crippen LogP contribution in [0.15, 0.2) is 64.7 Å². The third-order valence-corrected chi connectivity index (χ3v) is 5.24. The Morgan fingerprint density at radius 3 is 2.42 bits per heavy atom. The van der Waals surface area contributed by atoms with Crippen LogP contribution in [0.1, 0.15) is 36.8 Å². The van der Waals surface area contributed by atoms with E-state index >= 15 is 0 Å². The molecule has 1 aliphatic heterocycles. The van der Waals surface area contributed by atoms with Crippen LogP contribution in [0.5, 0.6) is 11.5 Å². The van der Waals surface area contributed by atoms with Gasteiger partial charge in [0.25, 0.3) is 5.78 Å². The van der Waals surface area contributed by atoms with Crippen LogP contribution in [-0.2, 0) is 9.59 Å². The minimum absolute atomic E-state index is 0.00812. The Morgan fingerprint density at radius 2 is 1.82 bits per heavy atom. The number of aliphatic hydroxyl groups excluding tert-OH is 1. The predicted molar refractivity (Wildman–Crippen MR) is 121 cm³/mol. The zero-order valence-corrected chi connectivity index (χ0v) is 18.7. The number of amides is 1. The van der Waals surface area contributed by atoms with Crippen molar-refractivity contribution in [2.45, 2.75) is 32.9 Å². The second kappa shape index (κ2) is 8.82. The number of methoxy groups -OCH3 is 1. The van der Waals surface area contributed by atoms with Crippen LogP contribution >= 0.6 is 0 Å². The van der Waals surface area contributed by atoms with Crippen molar-refractivity contribution in [2.75, 3.05) is 12.0 Å². The second-order valence-electron chi connectivity index (χ2n) is 7.90. The van der Waals surface area contributed by atoms with Crippen molar-refractivity contribution < 1.29 is 28.7 Å². The lowest BCUT2D eigenvalue weighted by molar-refractivity contribution is -0.132. The summed E-state index contributed by atoms with van der Waals surface area (Å²) in [5.74, 6) is -0.214. The summed E-state index contributed by atoms with van der Waals surface area (Å²) in [5.41, 5.74) is 0.837. The van der Waals surface area contributed by atoms with Gasteiger partial charge in [0.1, 0.15) is 29.1 Å². The van der Waals surface area contributed by atoms with Crippen LogP contribution < -0.4 is 14.4 Å². The number of benzene rings is 2. The molecule has 0 aliphatic carbocycles. The van der Waals surface area contributed by atoms with E-state index in [1.807, 2.05) is 13.8 Å². The van der Waals surface area contributed by atoms with Gasteiger partial charge in [-0.1, -0.05) is 23.4 Å². The van der Waals surface area contributed by atoms with Gasteiger partial charge in [0.05, 0.1) is 18.8 Å². The maximum Gasteiger partial charge on any atom is 0.301 e. The number of carbonyl (C=O) groups is 2. The monoisotopic (exact) mass is 448 g/mol. The maximum atomic E-state index is 13.2. The van der Waals surface area contributed by atoms with E-state index in [1.54, 1.807) is 61.5 Å². The van der Waals surface area contributed by atoms with E-state index in [-0.39, 0.29) is 23.3 Å². The van der Waals surface area contributed by atoms with Crippen molar-refractivity contribution in [2.24, 2.45) is 0 Å². The van der Waals surface area contributed by atoms with Crippen molar-refractivity contribution in [3.8, 4) is 11.5 Å². The molecule has 0 bridgehead atoms. The fraction of sp³-hybridized carbons (Fsp3) is 0.240. The zero-order chi connectivity index (χ0) is 23.7. The normalized spacial score (nSPS) is 17.6. The summed E-state index contributed by atoms with van der Waals surface area (Å²) in [5, 5.41) is 15.1. The smallest absolute Gasteiger partial charge is 0.301 e. The van der Waals surface area contributed by atoms with E-state index in [4.69, 9.17) is 14.0 Å². The number of hydrogen-bond acceptors (Lipinski definition) is 7. The summed E-state index contributed by atoms with van der Waals surface area (Å²) < 4.78 is 16.3. The molecule has 8 nitrogen and oxygen atoms in total. The molecular formula is C25H24N2O6. The van der Waals surface area contributed by atoms with Crippen molar-refractivity contribution in [3.63, 3.8) is 0 Å². The molecule has 1 atom stereocenters. The zero-order valence-electron chi connectivity index (χ0n) is 18.7. The Kier molecular flexibility index (Phi) is 5.91. The first-order valence-corrected chi connectivity index (χ1v) is 10.5. The molecule has 1 amide bonds. The molecule has 1 aromatic heterocycles. The first-order chi connectivity index (χ1) is 15.8. The van der Waals surface area contributed by atoms with Gasteiger partial charge in [-0.25, -0.2) is 0 Å². The molecule has 1 aliphatic rings. The number of aliphatic hydroxyl groups is 1. The minimum atomic E-state index is -0.961. The fourth-order valence-corrected chi connectivity index (χ4v) is 3.84.